The van der Waals surface area contributed by atoms with Gasteiger partial charge in [0.25, 0.3) is 0 Å². The number of halogens is 1. The standard InChI is InChI=1S/C14H14BrNO2S/c1-10(12-4-3-9-18-12)16(2)14(17)8-6-11-5-7-13(15)19-11/h3-10H,1-2H3/b8-6+. The molecule has 0 spiro atoms. The van der Waals surface area contributed by atoms with E-state index in [1.807, 2.05) is 37.3 Å². The van der Waals surface area contributed by atoms with Crippen molar-refractivity contribution in [2.24, 2.45) is 0 Å². The number of hydrogen-bond acceptors (Lipinski definition) is 3. The lowest BCUT2D eigenvalue weighted by atomic mass is 10.2. The topological polar surface area (TPSA) is 33.5 Å². The van der Waals surface area contributed by atoms with E-state index in [0.717, 1.165) is 14.4 Å². The summed E-state index contributed by atoms with van der Waals surface area (Å²) in [6.07, 6.45) is 5.02. The number of thiophene rings is 1. The molecule has 19 heavy (non-hydrogen) atoms. The average Bonchev–Trinajstić information content (AvgIpc) is 3.05. The predicted octanol–water partition coefficient (Wildman–Crippen LogP) is 4.34. The predicted molar refractivity (Wildman–Crippen MR) is 80.9 cm³/mol. The highest BCUT2D eigenvalue weighted by atomic mass is 79.9. The molecule has 0 N–H and O–H groups in total. The van der Waals surface area contributed by atoms with Crippen molar-refractivity contribution in [2.75, 3.05) is 7.05 Å². The SMILES string of the molecule is CC(c1ccco1)N(C)C(=O)/C=C/c1ccc(Br)s1. The molecule has 0 saturated carbocycles. The van der Waals surface area contributed by atoms with Gasteiger partial charge in [0.15, 0.2) is 0 Å². The van der Waals surface area contributed by atoms with Crippen molar-refractivity contribution in [3.8, 4) is 0 Å². The molecule has 5 heteroatoms. The van der Waals surface area contributed by atoms with Crippen molar-refractivity contribution >= 4 is 39.2 Å². The van der Waals surface area contributed by atoms with Gasteiger partial charge in [-0.3, -0.25) is 4.79 Å². The van der Waals surface area contributed by atoms with Gasteiger partial charge in [0.2, 0.25) is 5.91 Å². The summed E-state index contributed by atoms with van der Waals surface area (Å²) in [5, 5.41) is 0. The highest BCUT2D eigenvalue weighted by molar-refractivity contribution is 9.11. The van der Waals surface area contributed by atoms with Crippen LogP contribution in [0.5, 0.6) is 0 Å². The first-order chi connectivity index (χ1) is 9.08. The lowest BCUT2D eigenvalue weighted by molar-refractivity contribution is -0.126. The van der Waals surface area contributed by atoms with Crippen LogP contribution < -0.4 is 0 Å². The molecule has 0 radical (unpaired) electrons. The van der Waals surface area contributed by atoms with E-state index in [0.29, 0.717) is 0 Å². The van der Waals surface area contributed by atoms with E-state index >= 15 is 0 Å². The monoisotopic (exact) mass is 339 g/mol. The molecule has 0 bridgehead atoms. The third-order valence-corrected chi connectivity index (χ3v) is 4.46. The largest absolute Gasteiger partial charge is 0.467 e. The van der Waals surface area contributed by atoms with Crippen LogP contribution in [0.25, 0.3) is 6.08 Å². The van der Waals surface area contributed by atoms with E-state index in [2.05, 4.69) is 15.9 Å². The Morgan fingerprint density at radius 2 is 2.26 bits per heavy atom. The molecule has 2 aromatic heterocycles. The fourth-order valence-corrected chi connectivity index (χ4v) is 2.93. The molecule has 1 amide bonds. The molecule has 0 aliphatic carbocycles. The van der Waals surface area contributed by atoms with Crippen molar-refractivity contribution in [1.82, 2.24) is 4.90 Å². The summed E-state index contributed by atoms with van der Waals surface area (Å²) >= 11 is 4.98. The highest BCUT2D eigenvalue weighted by Gasteiger charge is 2.17. The molecule has 0 aliphatic heterocycles. The van der Waals surface area contributed by atoms with E-state index in [1.54, 1.807) is 35.6 Å². The Morgan fingerprint density at radius 3 is 2.84 bits per heavy atom. The molecule has 100 valence electrons. The van der Waals surface area contributed by atoms with Crippen LogP contribution >= 0.6 is 27.3 Å². The summed E-state index contributed by atoms with van der Waals surface area (Å²) in [4.78, 5) is 14.7. The molecule has 0 aliphatic rings. The van der Waals surface area contributed by atoms with Crippen LogP contribution in [0, 0.1) is 0 Å². The van der Waals surface area contributed by atoms with Gasteiger partial charge in [-0.2, -0.15) is 0 Å². The number of furan rings is 1. The molecular weight excluding hydrogens is 326 g/mol. The summed E-state index contributed by atoms with van der Waals surface area (Å²) in [5.41, 5.74) is 0. The smallest absolute Gasteiger partial charge is 0.246 e. The first kappa shape index (κ1) is 14.1. The Balaban J connectivity index is 2.01. The van der Waals surface area contributed by atoms with Gasteiger partial charge in [-0.15, -0.1) is 11.3 Å². The molecular formula is C14H14BrNO2S. The van der Waals surface area contributed by atoms with Crippen LogP contribution in [-0.4, -0.2) is 17.9 Å². The van der Waals surface area contributed by atoms with Gasteiger partial charge >= 0.3 is 0 Å². The molecule has 0 fully saturated rings. The fourth-order valence-electron chi connectivity index (χ4n) is 1.60. The molecule has 0 aromatic carbocycles. The second-order valence-electron chi connectivity index (χ2n) is 4.12. The Labute approximate surface area is 124 Å². The van der Waals surface area contributed by atoms with Gasteiger partial charge in [0, 0.05) is 18.0 Å². The first-order valence-corrected chi connectivity index (χ1v) is 7.42. The minimum absolute atomic E-state index is 0.0478. The zero-order chi connectivity index (χ0) is 13.8. The molecule has 3 nitrogen and oxygen atoms in total. The summed E-state index contributed by atoms with van der Waals surface area (Å²) in [7, 11) is 1.77. The van der Waals surface area contributed by atoms with Gasteiger partial charge in [-0.1, -0.05) is 0 Å². The molecule has 1 atom stereocenters. The molecule has 2 rings (SSSR count). The molecule has 2 heterocycles. The quantitative estimate of drug-likeness (QED) is 0.776. The Hall–Kier alpha value is -1.33. The van der Waals surface area contributed by atoms with Gasteiger partial charge in [-0.05, 0) is 53.2 Å². The van der Waals surface area contributed by atoms with E-state index in [1.165, 1.54) is 0 Å². The Kier molecular flexibility index (Phi) is 4.61. The number of likely N-dealkylation sites (N-methyl/N-ethyl adjacent to an activating group) is 1. The minimum atomic E-state index is -0.0813. The van der Waals surface area contributed by atoms with E-state index in [4.69, 9.17) is 4.42 Å². The first-order valence-electron chi connectivity index (χ1n) is 5.81. The van der Waals surface area contributed by atoms with Gasteiger partial charge < -0.3 is 9.32 Å². The lowest BCUT2D eigenvalue weighted by Gasteiger charge is -2.21. The number of nitrogens with zero attached hydrogens (tertiary/aromatic N) is 1. The van der Waals surface area contributed by atoms with E-state index in [9.17, 15) is 4.79 Å². The third kappa shape index (κ3) is 3.58. The summed E-state index contributed by atoms with van der Waals surface area (Å²) < 4.78 is 6.36. The van der Waals surface area contributed by atoms with Crippen LogP contribution in [0.4, 0.5) is 0 Å². The van der Waals surface area contributed by atoms with Gasteiger partial charge in [0.05, 0.1) is 16.1 Å². The van der Waals surface area contributed by atoms with Crippen molar-refractivity contribution in [2.45, 2.75) is 13.0 Å². The average molecular weight is 340 g/mol. The van der Waals surface area contributed by atoms with Crippen molar-refractivity contribution in [3.63, 3.8) is 0 Å². The van der Waals surface area contributed by atoms with Crippen LogP contribution in [-0.2, 0) is 4.79 Å². The lowest BCUT2D eigenvalue weighted by Crippen LogP contribution is -2.27. The van der Waals surface area contributed by atoms with E-state index in [-0.39, 0.29) is 11.9 Å². The van der Waals surface area contributed by atoms with Crippen molar-refractivity contribution < 1.29 is 9.21 Å². The third-order valence-electron chi connectivity index (χ3n) is 2.87. The van der Waals surface area contributed by atoms with Gasteiger partial charge in [0.1, 0.15) is 5.76 Å². The maximum atomic E-state index is 12.1. The summed E-state index contributed by atoms with van der Waals surface area (Å²) in [6.45, 7) is 1.94. The zero-order valence-electron chi connectivity index (χ0n) is 10.7. The Bertz CT molecular complexity index is 574. The Morgan fingerprint density at radius 1 is 1.47 bits per heavy atom. The van der Waals surface area contributed by atoms with Crippen LogP contribution in [0.3, 0.4) is 0 Å². The van der Waals surface area contributed by atoms with Crippen molar-refractivity contribution in [3.05, 3.63) is 51.0 Å². The number of hydrogen-bond donors (Lipinski definition) is 0. The minimum Gasteiger partial charge on any atom is -0.467 e. The fraction of sp³-hybridized carbons (Fsp3) is 0.214. The van der Waals surface area contributed by atoms with Gasteiger partial charge in [-0.25, -0.2) is 0 Å². The van der Waals surface area contributed by atoms with E-state index < -0.39 is 0 Å². The maximum Gasteiger partial charge on any atom is 0.246 e. The summed E-state index contributed by atoms with van der Waals surface area (Å²) in [5.74, 6) is 0.733. The zero-order valence-corrected chi connectivity index (χ0v) is 13.1. The number of amides is 1. The second kappa shape index (κ2) is 6.21. The number of carbonyl (C=O) groups excluding carboxylic acids is 1. The van der Waals surface area contributed by atoms with Crippen LogP contribution in [0.1, 0.15) is 23.6 Å². The van der Waals surface area contributed by atoms with Crippen molar-refractivity contribution in [1.29, 1.82) is 0 Å². The number of rotatable bonds is 4. The van der Waals surface area contributed by atoms with Crippen LogP contribution in [0.15, 0.2) is 44.8 Å². The number of carbonyl (C=O) groups is 1. The van der Waals surface area contributed by atoms with Crippen LogP contribution in [0.2, 0.25) is 0 Å². The highest BCUT2D eigenvalue weighted by Crippen LogP contribution is 2.23. The summed E-state index contributed by atoms with van der Waals surface area (Å²) in [6, 6.07) is 7.54. The normalized spacial score (nSPS) is 12.8. The second-order valence-corrected chi connectivity index (χ2v) is 6.61. The molecule has 0 saturated heterocycles. The molecule has 2 aromatic rings. The molecule has 1 unspecified atom stereocenters. The maximum absolute atomic E-state index is 12.1.